The standard InChI is InChI=1S/C12H16BrN3O/c1-7-3-10(13)6-15-11(7)16-12(17)8(2)9-4-14-5-9/h3,6,8-9,14H,4-5H2,1-2H3,(H,15,16,17). The molecule has 2 rings (SSSR count). The number of halogens is 1. The molecular weight excluding hydrogens is 282 g/mol. The van der Waals surface area contributed by atoms with Crippen LogP contribution in [0.1, 0.15) is 12.5 Å². The molecule has 1 atom stereocenters. The summed E-state index contributed by atoms with van der Waals surface area (Å²) in [5, 5.41) is 6.07. The number of anilines is 1. The number of nitrogens with one attached hydrogen (secondary N) is 2. The molecule has 0 radical (unpaired) electrons. The van der Waals surface area contributed by atoms with E-state index in [0.717, 1.165) is 23.1 Å². The summed E-state index contributed by atoms with van der Waals surface area (Å²) in [4.78, 5) is 16.2. The summed E-state index contributed by atoms with van der Waals surface area (Å²) in [6, 6.07) is 1.94. The number of amides is 1. The summed E-state index contributed by atoms with van der Waals surface area (Å²) in [6.07, 6.45) is 1.69. The molecule has 4 nitrogen and oxygen atoms in total. The van der Waals surface area contributed by atoms with Crippen molar-refractivity contribution in [2.75, 3.05) is 18.4 Å². The van der Waals surface area contributed by atoms with Crippen LogP contribution < -0.4 is 10.6 Å². The molecule has 1 aliphatic rings. The molecule has 0 aromatic carbocycles. The summed E-state index contributed by atoms with van der Waals surface area (Å²) in [5.74, 6) is 1.18. The van der Waals surface area contributed by atoms with Gasteiger partial charge in [-0.2, -0.15) is 0 Å². The van der Waals surface area contributed by atoms with E-state index in [0.29, 0.717) is 11.7 Å². The molecule has 1 unspecified atom stereocenters. The van der Waals surface area contributed by atoms with Crippen LogP contribution in [-0.4, -0.2) is 24.0 Å². The highest BCUT2D eigenvalue weighted by Gasteiger charge is 2.28. The molecular formula is C12H16BrN3O. The number of carbonyl (C=O) groups is 1. The van der Waals surface area contributed by atoms with Crippen molar-refractivity contribution in [3.8, 4) is 0 Å². The lowest BCUT2D eigenvalue weighted by Gasteiger charge is -2.31. The van der Waals surface area contributed by atoms with Crippen LogP contribution in [0.5, 0.6) is 0 Å². The number of nitrogens with zero attached hydrogens (tertiary/aromatic N) is 1. The zero-order chi connectivity index (χ0) is 12.4. The van der Waals surface area contributed by atoms with Gasteiger partial charge in [-0.15, -0.1) is 0 Å². The third-order valence-corrected chi connectivity index (χ3v) is 3.65. The molecule has 1 aromatic rings. The van der Waals surface area contributed by atoms with Crippen molar-refractivity contribution in [3.05, 3.63) is 22.3 Å². The van der Waals surface area contributed by atoms with E-state index in [-0.39, 0.29) is 11.8 Å². The third-order valence-electron chi connectivity index (χ3n) is 3.22. The summed E-state index contributed by atoms with van der Waals surface area (Å²) >= 11 is 3.35. The molecule has 92 valence electrons. The topological polar surface area (TPSA) is 54.0 Å². The second-order valence-corrected chi connectivity index (χ2v) is 5.43. The SMILES string of the molecule is Cc1cc(Br)cnc1NC(=O)C(C)C1CNC1. The van der Waals surface area contributed by atoms with E-state index in [1.54, 1.807) is 6.20 Å². The quantitative estimate of drug-likeness (QED) is 0.897. The minimum atomic E-state index is 0.0288. The number of hydrogen-bond acceptors (Lipinski definition) is 3. The predicted molar refractivity (Wildman–Crippen MR) is 70.8 cm³/mol. The lowest BCUT2D eigenvalue weighted by atomic mass is 9.88. The Morgan fingerprint density at radius 2 is 2.35 bits per heavy atom. The van der Waals surface area contributed by atoms with Crippen LogP contribution in [0.25, 0.3) is 0 Å². The Labute approximate surface area is 109 Å². The van der Waals surface area contributed by atoms with E-state index in [4.69, 9.17) is 0 Å². The Hall–Kier alpha value is -0.940. The first kappa shape index (κ1) is 12.5. The first-order chi connectivity index (χ1) is 8.08. The fraction of sp³-hybridized carbons (Fsp3) is 0.500. The van der Waals surface area contributed by atoms with Crippen molar-refractivity contribution in [2.45, 2.75) is 13.8 Å². The smallest absolute Gasteiger partial charge is 0.228 e. The molecule has 1 saturated heterocycles. The van der Waals surface area contributed by atoms with E-state index in [2.05, 4.69) is 31.5 Å². The normalized spacial score (nSPS) is 17.4. The first-order valence-electron chi connectivity index (χ1n) is 5.71. The van der Waals surface area contributed by atoms with Crippen LogP contribution in [0.15, 0.2) is 16.7 Å². The number of aromatic nitrogens is 1. The zero-order valence-electron chi connectivity index (χ0n) is 9.96. The zero-order valence-corrected chi connectivity index (χ0v) is 11.5. The fourth-order valence-corrected chi connectivity index (χ4v) is 2.23. The Morgan fingerprint density at radius 3 is 2.88 bits per heavy atom. The minimum Gasteiger partial charge on any atom is -0.316 e. The van der Waals surface area contributed by atoms with Crippen LogP contribution in [0.2, 0.25) is 0 Å². The number of carbonyl (C=O) groups excluding carboxylic acids is 1. The van der Waals surface area contributed by atoms with Gasteiger partial charge in [0.05, 0.1) is 0 Å². The maximum atomic E-state index is 12.0. The van der Waals surface area contributed by atoms with Gasteiger partial charge in [0.1, 0.15) is 5.82 Å². The maximum absolute atomic E-state index is 12.0. The van der Waals surface area contributed by atoms with E-state index >= 15 is 0 Å². The molecule has 1 aliphatic heterocycles. The van der Waals surface area contributed by atoms with Gasteiger partial charge in [0.15, 0.2) is 0 Å². The van der Waals surface area contributed by atoms with Crippen molar-refractivity contribution >= 4 is 27.7 Å². The van der Waals surface area contributed by atoms with Crippen LogP contribution in [0.3, 0.4) is 0 Å². The van der Waals surface area contributed by atoms with Crippen LogP contribution in [-0.2, 0) is 4.79 Å². The van der Waals surface area contributed by atoms with E-state index in [1.165, 1.54) is 0 Å². The van der Waals surface area contributed by atoms with Gasteiger partial charge in [0, 0.05) is 16.6 Å². The van der Waals surface area contributed by atoms with Crippen molar-refractivity contribution in [3.63, 3.8) is 0 Å². The average Bonchev–Trinajstić information content (AvgIpc) is 2.19. The van der Waals surface area contributed by atoms with Gasteiger partial charge < -0.3 is 10.6 Å². The molecule has 0 bridgehead atoms. The molecule has 0 saturated carbocycles. The average molecular weight is 298 g/mol. The monoisotopic (exact) mass is 297 g/mol. The summed E-state index contributed by atoms with van der Waals surface area (Å²) in [5.41, 5.74) is 0.964. The predicted octanol–water partition coefficient (Wildman–Crippen LogP) is 1.95. The Morgan fingerprint density at radius 1 is 1.65 bits per heavy atom. The molecule has 1 amide bonds. The third kappa shape index (κ3) is 2.84. The molecule has 2 N–H and O–H groups in total. The second kappa shape index (κ2) is 5.14. The van der Waals surface area contributed by atoms with Crippen LogP contribution in [0.4, 0.5) is 5.82 Å². The number of pyridine rings is 1. The molecule has 1 aromatic heterocycles. The molecule has 0 spiro atoms. The summed E-state index contributed by atoms with van der Waals surface area (Å²) < 4.78 is 0.921. The molecule has 0 aliphatic carbocycles. The highest BCUT2D eigenvalue weighted by atomic mass is 79.9. The summed E-state index contributed by atoms with van der Waals surface area (Å²) in [7, 11) is 0. The maximum Gasteiger partial charge on any atom is 0.228 e. The van der Waals surface area contributed by atoms with Crippen molar-refractivity contribution in [1.29, 1.82) is 0 Å². The Kier molecular flexibility index (Phi) is 3.79. The number of rotatable bonds is 3. The molecule has 1 fully saturated rings. The highest BCUT2D eigenvalue weighted by Crippen LogP contribution is 2.20. The lowest BCUT2D eigenvalue weighted by Crippen LogP contribution is -2.48. The van der Waals surface area contributed by atoms with Crippen LogP contribution >= 0.6 is 15.9 Å². The summed E-state index contributed by atoms with van der Waals surface area (Å²) in [6.45, 7) is 5.76. The van der Waals surface area contributed by atoms with Crippen molar-refractivity contribution in [2.24, 2.45) is 11.8 Å². The van der Waals surface area contributed by atoms with E-state index in [1.807, 2.05) is 19.9 Å². The number of hydrogen-bond donors (Lipinski definition) is 2. The van der Waals surface area contributed by atoms with Gasteiger partial charge in [-0.05, 0) is 53.5 Å². The van der Waals surface area contributed by atoms with Gasteiger partial charge in [-0.1, -0.05) is 6.92 Å². The minimum absolute atomic E-state index is 0.0288. The van der Waals surface area contributed by atoms with Gasteiger partial charge in [-0.3, -0.25) is 4.79 Å². The highest BCUT2D eigenvalue weighted by molar-refractivity contribution is 9.10. The van der Waals surface area contributed by atoms with Crippen molar-refractivity contribution in [1.82, 2.24) is 10.3 Å². The fourth-order valence-electron chi connectivity index (χ4n) is 1.78. The number of aryl methyl sites for hydroxylation is 1. The second-order valence-electron chi connectivity index (χ2n) is 4.52. The largest absolute Gasteiger partial charge is 0.316 e. The van der Waals surface area contributed by atoms with Gasteiger partial charge in [0.25, 0.3) is 0 Å². The van der Waals surface area contributed by atoms with Gasteiger partial charge in [0.2, 0.25) is 5.91 Å². The van der Waals surface area contributed by atoms with E-state index in [9.17, 15) is 4.79 Å². The molecule has 5 heteroatoms. The van der Waals surface area contributed by atoms with Crippen LogP contribution in [0, 0.1) is 18.8 Å². The van der Waals surface area contributed by atoms with Gasteiger partial charge >= 0.3 is 0 Å². The Bertz CT molecular complexity index is 432. The van der Waals surface area contributed by atoms with E-state index < -0.39 is 0 Å². The molecule has 2 heterocycles. The van der Waals surface area contributed by atoms with Crippen molar-refractivity contribution < 1.29 is 4.79 Å². The Balaban J connectivity index is 2.02. The molecule has 17 heavy (non-hydrogen) atoms. The lowest BCUT2D eigenvalue weighted by molar-refractivity contribution is -0.121. The first-order valence-corrected chi connectivity index (χ1v) is 6.51. The van der Waals surface area contributed by atoms with Gasteiger partial charge in [-0.25, -0.2) is 4.98 Å².